The molecule has 4 rings (SSSR count). The van der Waals surface area contributed by atoms with Gasteiger partial charge in [0.1, 0.15) is 12.2 Å². The van der Waals surface area contributed by atoms with Crippen LogP contribution in [0.5, 0.6) is 11.8 Å². The van der Waals surface area contributed by atoms with Gasteiger partial charge in [0.2, 0.25) is 17.7 Å². The molecule has 1 fully saturated rings. The third kappa shape index (κ3) is 7.37. The smallest absolute Gasteiger partial charge is 0.262 e. The maximum atomic E-state index is 13.6. The van der Waals surface area contributed by atoms with Gasteiger partial charge in [0, 0.05) is 37.8 Å². The molecule has 0 aliphatic carbocycles. The number of nitrogens with zero attached hydrogens (tertiary/aromatic N) is 5. The van der Waals surface area contributed by atoms with Gasteiger partial charge in [0.25, 0.3) is 5.56 Å². The molecule has 1 aliphatic heterocycles. The van der Waals surface area contributed by atoms with E-state index in [9.17, 15) is 9.59 Å². The first-order valence-electron chi connectivity index (χ1n) is 12.1. The number of pyridine rings is 2. The first kappa shape index (κ1) is 28.3. The predicted molar refractivity (Wildman–Crippen MR) is 141 cm³/mol. The largest absolute Gasteiger partial charge is 0.481 e. The quantitative estimate of drug-likeness (QED) is 0.390. The van der Waals surface area contributed by atoms with Crippen LogP contribution in [0, 0.1) is 0 Å². The fraction of sp³-hybridized carbons (Fsp3) is 0.480. The van der Waals surface area contributed by atoms with Crippen molar-refractivity contribution in [2.75, 3.05) is 46.6 Å². The van der Waals surface area contributed by atoms with Gasteiger partial charge in [0.15, 0.2) is 5.82 Å². The van der Waals surface area contributed by atoms with E-state index in [0.717, 1.165) is 39.3 Å². The number of hydrogen-bond acceptors (Lipinski definition) is 9. The minimum Gasteiger partial charge on any atom is -0.481 e. The summed E-state index contributed by atoms with van der Waals surface area (Å²) >= 11 is 0. The fourth-order valence-corrected chi connectivity index (χ4v) is 3.98. The number of rotatable bonds is 10. The highest BCUT2D eigenvalue weighted by Crippen LogP contribution is 2.21. The van der Waals surface area contributed by atoms with Crippen LogP contribution in [0.15, 0.2) is 35.3 Å². The molecule has 12 heteroatoms. The Kier molecular flexibility index (Phi) is 10.2. The van der Waals surface area contributed by atoms with Crippen LogP contribution in [0.2, 0.25) is 0 Å². The second-order valence-corrected chi connectivity index (χ2v) is 8.81. The molecule has 0 radical (unpaired) electrons. The van der Waals surface area contributed by atoms with Crippen molar-refractivity contribution in [3.05, 3.63) is 40.8 Å². The Morgan fingerprint density at radius 2 is 1.97 bits per heavy atom. The number of ether oxygens (including phenoxy) is 3. The van der Waals surface area contributed by atoms with Crippen LogP contribution < -0.4 is 20.3 Å². The number of carbonyl (C=O) groups excluding carboxylic acids is 1. The van der Waals surface area contributed by atoms with Gasteiger partial charge in [0.05, 0.1) is 44.0 Å². The van der Waals surface area contributed by atoms with Gasteiger partial charge in [-0.15, -0.1) is 12.4 Å². The summed E-state index contributed by atoms with van der Waals surface area (Å²) in [4.78, 5) is 41.9. The first-order chi connectivity index (χ1) is 17.4. The number of aromatic nitrogens is 4. The average Bonchev–Trinajstić information content (AvgIpc) is 2.88. The molecule has 0 aromatic carbocycles. The molecule has 1 N–H and O–H groups in total. The highest BCUT2D eigenvalue weighted by molar-refractivity contribution is 5.85. The molecule has 37 heavy (non-hydrogen) atoms. The molecule has 3 aromatic rings. The Morgan fingerprint density at radius 3 is 2.70 bits per heavy atom. The highest BCUT2D eigenvalue weighted by atomic mass is 35.5. The molecule has 0 saturated carbocycles. The minimum absolute atomic E-state index is 0. The third-order valence-electron chi connectivity index (χ3n) is 5.70. The van der Waals surface area contributed by atoms with E-state index in [1.165, 1.54) is 17.9 Å². The van der Waals surface area contributed by atoms with Crippen molar-refractivity contribution < 1.29 is 19.0 Å². The van der Waals surface area contributed by atoms with E-state index in [4.69, 9.17) is 14.2 Å². The van der Waals surface area contributed by atoms with E-state index in [0.29, 0.717) is 35.0 Å². The van der Waals surface area contributed by atoms with Crippen molar-refractivity contribution in [2.45, 2.75) is 32.9 Å². The number of nitrogens with one attached hydrogen (secondary N) is 1. The van der Waals surface area contributed by atoms with Gasteiger partial charge in [-0.3, -0.25) is 19.1 Å². The molecular weight excluding hydrogens is 500 g/mol. The normalized spacial score (nSPS) is 13.8. The molecule has 1 aliphatic rings. The van der Waals surface area contributed by atoms with Crippen molar-refractivity contribution in [1.29, 1.82) is 0 Å². The van der Waals surface area contributed by atoms with Crippen LogP contribution in [-0.2, 0) is 16.1 Å². The van der Waals surface area contributed by atoms with Gasteiger partial charge in [-0.25, -0.2) is 15.0 Å². The summed E-state index contributed by atoms with van der Waals surface area (Å²) < 4.78 is 17.7. The SMILES string of the molecule is COc1cccc(-c2nc3cnc(OCCCN4CCOCC4)cc3c(=O)n2CC(=O)NC(C)C)n1.Cl. The van der Waals surface area contributed by atoms with Crippen LogP contribution in [-0.4, -0.2) is 82.9 Å². The van der Waals surface area contributed by atoms with Crippen molar-refractivity contribution in [1.82, 2.24) is 29.7 Å². The molecule has 4 heterocycles. The molecule has 3 aromatic heterocycles. The summed E-state index contributed by atoms with van der Waals surface area (Å²) in [6, 6.07) is 6.68. The van der Waals surface area contributed by atoms with Crippen molar-refractivity contribution in [3.63, 3.8) is 0 Å². The standard InChI is InChI=1S/C25H32N6O5.ClH/c1-17(2)27-21(32)16-31-24(19-6-4-7-22(28-19)34-3)29-20-15-26-23(14-18(20)25(31)33)36-11-5-8-30-9-12-35-13-10-30;/h4,6-7,14-15,17H,5,8-13,16H2,1-3H3,(H,27,32);1H. The number of hydrogen-bond donors (Lipinski definition) is 1. The lowest BCUT2D eigenvalue weighted by Gasteiger charge is -2.26. The Labute approximate surface area is 221 Å². The Bertz CT molecular complexity index is 1260. The van der Waals surface area contributed by atoms with Crippen LogP contribution >= 0.6 is 12.4 Å². The second-order valence-electron chi connectivity index (χ2n) is 8.81. The molecule has 0 bridgehead atoms. The lowest BCUT2D eigenvalue weighted by atomic mass is 10.2. The number of carbonyl (C=O) groups is 1. The molecule has 0 atom stereocenters. The molecule has 0 spiro atoms. The fourth-order valence-electron chi connectivity index (χ4n) is 3.98. The van der Waals surface area contributed by atoms with Gasteiger partial charge in [-0.05, 0) is 26.3 Å². The van der Waals surface area contributed by atoms with E-state index in [1.807, 2.05) is 13.8 Å². The topological polar surface area (TPSA) is 121 Å². The number of halogens is 1. The predicted octanol–water partition coefficient (Wildman–Crippen LogP) is 1.91. The molecule has 1 amide bonds. The monoisotopic (exact) mass is 532 g/mol. The highest BCUT2D eigenvalue weighted by Gasteiger charge is 2.18. The third-order valence-corrected chi connectivity index (χ3v) is 5.70. The maximum Gasteiger partial charge on any atom is 0.262 e. The van der Waals surface area contributed by atoms with Gasteiger partial charge in [-0.2, -0.15) is 0 Å². The Hall–Kier alpha value is -3.28. The molecule has 0 unspecified atom stereocenters. The molecule has 11 nitrogen and oxygen atoms in total. The van der Waals surface area contributed by atoms with Gasteiger partial charge in [-0.1, -0.05) is 6.07 Å². The number of amides is 1. The zero-order chi connectivity index (χ0) is 25.5. The Morgan fingerprint density at radius 1 is 1.19 bits per heavy atom. The first-order valence-corrected chi connectivity index (χ1v) is 12.1. The molecule has 200 valence electrons. The van der Waals surface area contributed by atoms with Gasteiger partial charge < -0.3 is 19.5 Å². The summed E-state index contributed by atoms with van der Waals surface area (Å²) in [6.45, 7) is 8.27. The summed E-state index contributed by atoms with van der Waals surface area (Å²) in [5, 5.41) is 3.14. The van der Waals surface area contributed by atoms with Crippen LogP contribution in [0.25, 0.3) is 22.4 Å². The lowest BCUT2D eigenvalue weighted by Crippen LogP contribution is -2.37. The Balaban J connectivity index is 0.00000380. The zero-order valence-electron chi connectivity index (χ0n) is 21.3. The average molecular weight is 533 g/mol. The number of methoxy groups -OCH3 is 1. The maximum absolute atomic E-state index is 13.6. The zero-order valence-corrected chi connectivity index (χ0v) is 22.1. The second kappa shape index (κ2) is 13.3. The summed E-state index contributed by atoms with van der Waals surface area (Å²) in [7, 11) is 1.51. The van der Waals surface area contributed by atoms with Crippen LogP contribution in [0.4, 0.5) is 0 Å². The van der Waals surface area contributed by atoms with E-state index in [1.54, 1.807) is 24.3 Å². The lowest BCUT2D eigenvalue weighted by molar-refractivity contribution is -0.122. The van der Waals surface area contributed by atoms with Crippen molar-refractivity contribution in [3.8, 4) is 23.3 Å². The summed E-state index contributed by atoms with van der Waals surface area (Å²) in [6.07, 6.45) is 2.34. The van der Waals surface area contributed by atoms with E-state index in [-0.39, 0.29) is 42.3 Å². The minimum atomic E-state index is -0.376. The van der Waals surface area contributed by atoms with E-state index < -0.39 is 0 Å². The summed E-state index contributed by atoms with van der Waals surface area (Å²) in [5.74, 6) is 0.671. The van der Waals surface area contributed by atoms with Crippen LogP contribution in [0.1, 0.15) is 20.3 Å². The summed E-state index contributed by atoms with van der Waals surface area (Å²) in [5.41, 5.74) is 0.425. The van der Waals surface area contributed by atoms with Crippen LogP contribution in [0.3, 0.4) is 0 Å². The number of fused-ring (bicyclic) bond motifs is 1. The van der Waals surface area contributed by atoms with Gasteiger partial charge >= 0.3 is 0 Å². The van der Waals surface area contributed by atoms with Crippen molar-refractivity contribution in [2.24, 2.45) is 0 Å². The van der Waals surface area contributed by atoms with E-state index >= 15 is 0 Å². The molecular formula is C25H33ClN6O5. The van der Waals surface area contributed by atoms with Crippen molar-refractivity contribution >= 4 is 29.2 Å². The molecule has 1 saturated heterocycles. The number of morpholine rings is 1. The van der Waals surface area contributed by atoms with E-state index in [2.05, 4.69) is 25.2 Å².